The summed E-state index contributed by atoms with van der Waals surface area (Å²) in [5, 5.41) is 3.70. The first-order valence-electron chi connectivity index (χ1n) is 4.08. The first-order valence-corrected chi connectivity index (χ1v) is 4.62. The van der Waals surface area contributed by atoms with Crippen molar-refractivity contribution in [1.82, 2.24) is 20.1 Å². The fourth-order valence-corrected chi connectivity index (χ4v) is 1.08. The van der Waals surface area contributed by atoms with E-state index in [1.807, 2.05) is 0 Å². The number of alkyl halides is 1. The molecule has 2 aromatic rings. The van der Waals surface area contributed by atoms with Gasteiger partial charge in [-0.15, -0.1) is 11.6 Å². The lowest BCUT2D eigenvalue weighted by Gasteiger charge is -1.97. The first-order chi connectivity index (χ1) is 7.33. The third-order valence-corrected chi connectivity index (χ3v) is 1.86. The first kappa shape index (κ1) is 9.85. The van der Waals surface area contributed by atoms with Gasteiger partial charge in [0, 0.05) is 0 Å². The zero-order valence-corrected chi connectivity index (χ0v) is 8.60. The van der Waals surface area contributed by atoms with Gasteiger partial charge in [0.2, 0.25) is 17.6 Å². The topological polar surface area (TPSA) is 73.9 Å². The molecule has 15 heavy (non-hydrogen) atoms. The molecule has 2 rings (SSSR count). The SMILES string of the molecule is COc1cncc(-c2noc(CCl)n2)n1. The zero-order valence-electron chi connectivity index (χ0n) is 7.85. The van der Waals surface area contributed by atoms with Crippen LogP contribution in [0, 0.1) is 0 Å². The number of aromatic nitrogens is 4. The van der Waals surface area contributed by atoms with Gasteiger partial charge in [0.25, 0.3) is 0 Å². The Morgan fingerprint density at radius 2 is 2.27 bits per heavy atom. The van der Waals surface area contributed by atoms with Gasteiger partial charge in [-0.2, -0.15) is 4.98 Å². The molecule has 0 bridgehead atoms. The van der Waals surface area contributed by atoms with Gasteiger partial charge >= 0.3 is 0 Å². The van der Waals surface area contributed by atoms with Crippen molar-refractivity contribution in [2.45, 2.75) is 5.88 Å². The number of hydrogen-bond donors (Lipinski definition) is 0. The molecule has 2 aromatic heterocycles. The lowest BCUT2D eigenvalue weighted by Crippen LogP contribution is -1.92. The second kappa shape index (κ2) is 4.22. The van der Waals surface area contributed by atoms with Gasteiger partial charge < -0.3 is 9.26 Å². The summed E-state index contributed by atoms with van der Waals surface area (Å²) >= 11 is 5.53. The summed E-state index contributed by atoms with van der Waals surface area (Å²) in [6, 6.07) is 0. The van der Waals surface area contributed by atoms with E-state index >= 15 is 0 Å². The monoisotopic (exact) mass is 226 g/mol. The van der Waals surface area contributed by atoms with Crippen molar-refractivity contribution < 1.29 is 9.26 Å². The van der Waals surface area contributed by atoms with Crippen LogP contribution >= 0.6 is 11.6 Å². The molecule has 0 radical (unpaired) electrons. The molecule has 6 nitrogen and oxygen atoms in total. The van der Waals surface area contributed by atoms with E-state index in [1.54, 1.807) is 0 Å². The van der Waals surface area contributed by atoms with E-state index in [0.717, 1.165) is 0 Å². The fourth-order valence-electron chi connectivity index (χ4n) is 0.967. The summed E-state index contributed by atoms with van der Waals surface area (Å²) in [5.74, 6) is 1.25. The standard InChI is InChI=1S/C8H7ClN4O2/c1-14-7-4-10-3-5(11-7)8-12-6(2-9)15-13-8/h3-4H,2H2,1H3. The van der Waals surface area contributed by atoms with Crippen LogP contribution in [0.1, 0.15) is 5.89 Å². The van der Waals surface area contributed by atoms with Gasteiger partial charge in [-0.25, -0.2) is 4.98 Å². The Morgan fingerprint density at radius 1 is 1.40 bits per heavy atom. The molecular weight excluding hydrogens is 220 g/mol. The average Bonchev–Trinajstić information content (AvgIpc) is 2.78. The Hall–Kier alpha value is -1.69. The maximum atomic E-state index is 5.53. The van der Waals surface area contributed by atoms with Crippen LogP contribution in [0.25, 0.3) is 11.5 Å². The van der Waals surface area contributed by atoms with E-state index in [0.29, 0.717) is 23.3 Å². The summed E-state index contributed by atoms with van der Waals surface area (Å²) < 4.78 is 9.76. The number of hydrogen-bond acceptors (Lipinski definition) is 6. The van der Waals surface area contributed by atoms with Crippen molar-refractivity contribution in [1.29, 1.82) is 0 Å². The highest BCUT2D eigenvalue weighted by Crippen LogP contribution is 2.15. The average molecular weight is 227 g/mol. The summed E-state index contributed by atoms with van der Waals surface area (Å²) in [4.78, 5) is 12.0. The van der Waals surface area contributed by atoms with Crippen LogP contribution in [0.15, 0.2) is 16.9 Å². The van der Waals surface area contributed by atoms with Gasteiger partial charge in [-0.05, 0) is 0 Å². The van der Waals surface area contributed by atoms with E-state index in [9.17, 15) is 0 Å². The summed E-state index contributed by atoms with van der Waals surface area (Å²) in [5.41, 5.74) is 0.481. The third kappa shape index (κ3) is 2.04. The van der Waals surface area contributed by atoms with Crippen LogP contribution in [-0.2, 0) is 5.88 Å². The third-order valence-electron chi connectivity index (χ3n) is 1.63. The van der Waals surface area contributed by atoms with Crippen LogP contribution in [0.4, 0.5) is 0 Å². The van der Waals surface area contributed by atoms with E-state index in [1.165, 1.54) is 19.5 Å². The molecule has 0 aliphatic carbocycles. The fraction of sp³-hybridized carbons (Fsp3) is 0.250. The molecule has 0 aliphatic rings. The Bertz CT molecular complexity index is 459. The van der Waals surface area contributed by atoms with Crippen LogP contribution in [-0.4, -0.2) is 27.2 Å². The molecule has 0 atom stereocenters. The normalized spacial score (nSPS) is 10.3. The lowest BCUT2D eigenvalue weighted by molar-refractivity contribution is 0.389. The van der Waals surface area contributed by atoms with E-state index in [-0.39, 0.29) is 5.88 Å². The van der Waals surface area contributed by atoms with Crippen molar-refractivity contribution in [2.75, 3.05) is 7.11 Å². The molecule has 2 heterocycles. The van der Waals surface area contributed by atoms with Gasteiger partial charge in [-0.3, -0.25) is 4.98 Å². The van der Waals surface area contributed by atoms with Crippen LogP contribution < -0.4 is 4.74 Å². The number of nitrogens with zero attached hydrogens (tertiary/aromatic N) is 4. The quantitative estimate of drug-likeness (QED) is 0.734. The largest absolute Gasteiger partial charge is 0.480 e. The molecule has 0 unspecified atom stereocenters. The molecule has 0 amide bonds. The highest BCUT2D eigenvalue weighted by Gasteiger charge is 2.10. The van der Waals surface area contributed by atoms with Crippen molar-refractivity contribution in [3.8, 4) is 17.4 Å². The lowest BCUT2D eigenvalue weighted by atomic mass is 10.4. The second-order valence-corrected chi connectivity index (χ2v) is 2.86. The van der Waals surface area contributed by atoms with Crippen molar-refractivity contribution in [3.63, 3.8) is 0 Å². The molecule has 0 fully saturated rings. The number of methoxy groups -OCH3 is 1. The maximum absolute atomic E-state index is 5.53. The van der Waals surface area contributed by atoms with Crippen LogP contribution in [0.2, 0.25) is 0 Å². The molecule has 78 valence electrons. The summed E-state index contributed by atoms with van der Waals surface area (Å²) in [6.45, 7) is 0. The molecule has 0 spiro atoms. The summed E-state index contributed by atoms with van der Waals surface area (Å²) in [7, 11) is 1.51. The Balaban J connectivity index is 2.35. The minimum Gasteiger partial charge on any atom is -0.480 e. The van der Waals surface area contributed by atoms with Crippen molar-refractivity contribution in [2.24, 2.45) is 0 Å². The minimum absolute atomic E-state index is 0.171. The molecular formula is C8H7ClN4O2. The Labute approximate surface area is 90.3 Å². The second-order valence-electron chi connectivity index (χ2n) is 2.59. The van der Waals surface area contributed by atoms with Gasteiger partial charge in [-0.1, -0.05) is 5.16 Å². The smallest absolute Gasteiger partial charge is 0.241 e. The van der Waals surface area contributed by atoms with E-state index in [4.69, 9.17) is 20.9 Å². The number of ether oxygens (including phenoxy) is 1. The predicted molar refractivity (Wildman–Crippen MR) is 51.4 cm³/mol. The van der Waals surface area contributed by atoms with Crippen molar-refractivity contribution >= 4 is 11.6 Å². The molecule has 7 heteroatoms. The Morgan fingerprint density at radius 3 is 2.93 bits per heavy atom. The van der Waals surface area contributed by atoms with E-state index in [2.05, 4.69) is 20.1 Å². The maximum Gasteiger partial charge on any atom is 0.241 e. The van der Waals surface area contributed by atoms with Crippen LogP contribution in [0.5, 0.6) is 5.88 Å². The van der Waals surface area contributed by atoms with Crippen LogP contribution in [0.3, 0.4) is 0 Å². The number of halogens is 1. The van der Waals surface area contributed by atoms with Gasteiger partial charge in [0.05, 0.1) is 19.5 Å². The molecule has 0 saturated carbocycles. The van der Waals surface area contributed by atoms with E-state index < -0.39 is 0 Å². The van der Waals surface area contributed by atoms with Gasteiger partial charge in [0.1, 0.15) is 11.6 Å². The van der Waals surface area contributed by atoms with Gasteiger partial charge in [0.15, 0.2) is 0 Å². The minimum atomic E-state index is 0.171. The highest BCUT2D eigenvalue weighted by molar-refractivity contribution is 6.16. The molecule has 0 N–H and O–H groups in total. The highest BCUT2D eigenvalue weighted by atomic mass is 35.5. The zero-order chi connectivity index (χ0) is 10.7. The molecule has 0 aliphatic heterocycles. The molecule has 0 saturated heterocycles. The predicted octanol–water partition coefficient (Wildman–Crippen LogP) is 1.27. The summed E-state index contributed by atoms with van der Waals surface area (Å²) in [6.07, 6.45) is 3.01. The number of rotatable bonds is 3. The molecule has 0 aromatic carbocycles. The Kier molecular flexibility index (Phi) is 2.77. The van der Waals surface area contributed by atoms with Crippen molar-refractivity contribution in [3.05, 3.63) is 18.3 Å².